The number of imidazole rings is 1. The van der Waals surface area contributed by atoms with E-state index in [1.165, 1.54) is 0 Å². The topological polar surface area (TPSA) is 74.8 Å². The zero-order valence-corrected chi connectivity index (χ0v) is 16.9. The number of fused-ring (bicyclic) bond motifs is 1. The molecule has 0 radical (unpaired) electrons. The number of nitriles is 1. The zero-order valence-electron chi connectivity index (χ0n) is 16.9. The maximum Gasteiger partial charge on any atom is 0.258 e. The van der Waals surface area contributed by atoms with Gasteiger partial charge >= 0.3 is 0 Å². The Kier molecular flexibility index (Phi) is 5.27. The van der Waals surface area contributed by atoms with Gasteiger partial charge in [-0.3, -0.25) is 9.78 Å². The minimum Gasteiger partial charge on any atom is -0.331 e. The monoisotopic (exact) mass is 395 g/mol. The van der Waals surface area contributed by atoms with Gasteiger partial charge in [-0.1, -0.05) is 12.1 Å². The number of nitrogens with zero attached hydrogens (tertiary/aromatic N) is 5. The van der Waals surface area contributed by atoms with Gasteiger partial charge in [-0.15, -0.1) is 0 Å². The second-order valence-electron chi connectivity index (χ2n) is 7.17. The molecule has 2 aromatic heterocycles. The number of benzene rings is 2. The van der Waals surface area contributed by atoms with E-state index in [2.05, 4.69) is 15.6 Å². The van der Waals surface area contributed by atoms with Crippen molar-refractivity contribution in [3.8, 4) is 6.07 Å². The number of carbonyl (C=O) groups excluding carboxylic acids is 1. The summed E-state index contributed by atoms with van der Waals surface area (Å²) in [5.41, 5.74) is 4.95. The van der Waals surface area contributed by atoms with Crippen LogP contribution in [-0.2, 0) is 19.9 Å². The Morgan fingerprint density at radius 1 is 1.13 bits per heavy atom. The number of aromatic nitrogens is 3. The molecule has 0 N–H and O–H groups in total. The van der Waals surface area contributed by atoms with E-state index in [1.54, 1.807) is 30.4 Å². The first-order valence-corrected chi connectivity index (χ1v) is 9.69. The molecule has 148 valence electrons. The van der Waals surface area contributed by atoms with E-state index >= 15 is 0 Å². The second-order valence-corrected chi connectivity index (χ2v) is 7.17. The van der Waals surface area contributed by atoms with Crippen molar-refractivity contribution in [2.45, 2.75) is 12.8 Å². The van der Waals surface area contributed by atoms with Crippen molar-refractivity contribution >= 4 is 22.6 Å². The molecule has 2 heterocycles. The standard InChI is InChI=1S/C24H21N5O/c1-28(20-4-3-13-26-16-20)24(30)19-10-11-22-21(14-19)27-23(29(22)2)12-9-17-5-7-18(15-25)8-6-17/h3-8,10-11,13-14,16H,9,12H2,1-2H3. The molecule has 0 fully saturated rings. The van der Waals surface area contributed by atoms with Gasteiger partial charge in [0.25, 0.3) is 5.91 Å². The van der Waals surface area contributed by atoms with Crippen molar-refractivity contribution in [2.24, 2.45) is 7.05 Å². The minimum atomic E-state index is -0.102. The first-order valence-electron chi connectivity index (χ1n) is 9.69. The van der Waals surface area contributed by atoms with Gasteiger partial charge in [-0.25, -0.2) is 4.98 Å². The molecule has 0 saturated heterocycles. The molecule has 6 heteroatoms. The number of hydrogen-bond acceptors (Lipinski definition) is 4. The summed E-state index contributed by atoms with van der Waals surface area (Å²) in [7, 11) is 3.73. The van der Waals surface area contributed by atoms with Crippen LogP contribution in [0.2, 0.25) is 0 Å². The number of carbonyl (C=O) groups is 1. The summed E-state index contributed by atoms with van der Waals surface area (Å²) in [6, 6.07) is 19.0. The molecular weight excluding hydrogens is 374 g/mol. The van der Waals surface area contributed by atoms with E-state index in [0.29, 0.717) is 11.1 Å². The fourth-order valence-corrected chi connectivity index (χ4v) is 3.47. The normalized spacial score (nSPS) is 10.7. The molecular formula is C24H21N5O. The van der Waals surface area contributed by atoms with Crippen LogP contribution < -0.4 is 4.90 Å². The number of anilines is 1. The Morgan fingerprint density at radius 2 is 1.93 bits per heavy atom. The molecule has 4 rings (SSSR count). The van der Waals surface area contributed by atoms with E-state index in [9.17, 15) is 4.79 Å². The van der Waals surface area contributed by atoms with E-state index in [0.717, 1.165) is 41.0 Å². The molecule has 4 aromatic rings. The highest BCUT2D eigenvalue weighted by atomic mass is 16.2. The van der Waals surface area contributed by atoms with Crippen LogP contribution in [0.15, 0.2) is 67.0 Å². The highest BCUT2D eigenvalue weighted by Gasteiger charge is 2.16. The maximum absolute atomic E-state index is 12.9. The average molecular weight is 395 g/mol. The Balaban J connectivity index is 1.55. The van der Waals surface area contributed by atoms with Gasteiger partial charge < -0.3 is 9.47 Å². The molecule has 1 amide bonds. The molecule has 0 aliphatic carbocycles. The lowest BCUT2D eigenvalue weighted by molar-refractivity contribution is 0.0993. The first-order chi connectivity index (χ1) is 14.6. The van der Waals surface area contributed by atoms with Gasteiger partial charge in [0.2, 0.25) is 0 Å². The van der Waals surface area contributed by atoms with Crippen LogP contribution in [0.4, 0.5) is 5.69 Å². The fourth-order valence-electron chi connectivity index (χ4n) is 3.47. The van der Waals surface area contributed by atoms with Gasteiger partial charge in [0.05, 0.1) is 34.6 Å². The lowest BCUT2D eigenvalue weighted by Crippen LogP contribution is -2.26. The lowest BCUT2D eigenvalue weighted by atomic mass is 10.1. The third kappa shape index (κ3) is 3.78. The van der Waals surface area contributed by atoms with E-state index in [4.69, 9.17) is 10.2 Å². The predicted octanol–water partition coefficient (Wildman–Crippen LogP) is 3.90. The van der Waals surface area contributed by atoms with Crippen LogP contribution >= 0.6 is 0 Å². The first kappa shape index (κ1) is 19.3. The quantitative estimate of drug-likeness (QED) is 0.514. The van der Waals surface area contributed by atoms with Gasteiger partial charge in [0.1, 0.15) is 5.82 Å². The van der Waals surface area contributed by atoms with Crippen LogP contribution in [0.5, 0.6) is 0 Å². The van der Waals surface area contributed by atoms with Crippen LogP contribution in [0, 0.1) is 11.3 Å². The Labute approximate surface area is 175 Å². The number of pyridine rings is 1. The molecule has 0 bridgehead atoms. The summed E-state index contributed by atoms with van der Waals surface area (Å²) in [6.45, 7) is 0. The molecule has 0 spiro atoms. The lowest BCUT2D eigenvalue weighted by Gasteiger charge is -2.16. The van der Waals surface area contributed by atoms with Crippen molar-refractivity contribution in [2.75, 3.05) is 11.9 Å². The van der Waals surface area contributed by atoms with Crippen molar-refractivity contribution in [3.63, 3.8) is 0 Å². The van der Waals surface area contributed by atoms with Crippen LogP contribution in [0.3, 0.4) is 0 Å². The summed E-state index contributed by atoms with van der Waals surface area (Å²) in [6.07, 6.45) is 4.95. The fraction of sp³-hybridized carbons (Fsp3) is 0.167. The van der Waals surface area contributed by atoms with E-state index in [1.807, 2.05) is 55.6 Å². The summed E-state index contributed by atoms with van der Waals surface area (Å²) in [5.74, 6) is 0.856. The van der Waals surface area contributed by atoms with Crippen LogP contribution in [-0.4, -0.2) is 27.5 Å². The van der Waals surface area contributed by atoms with E-state index in [-0.39, 0.29) is 5.91 Å². The Bertz CT molecular complexity index is 1240. The molecule has 0 unspecified atom stereocenters. The van der Waals surface area contributed by atoms with Gasteiger partial charge in [-0.05, 0) is 54.4 Å². The number of rotatable bonds is 5. The molecule has 0 saturated carbocycles. The summed E-state index contributed by atoms with van der Waals surface area (Å²) in [4.78, 5) is 23.3. The van der Waals surface area contributed by atoms with E-state index < -0.39 is 0 Å². The number of amides is 1. The van der Waals surface area contributed by atoms with Crippen molar-refractivity contribution < 1.29 is 4.79 Å². The predicted molar refractivity (Wildman–Crippen MR) is 116 cm³/mol. The molecule has 0 aliphatic heterocycles. The maximum atomic E-state index is 12.9. The van der Waals surface area contributed by atoms with Crippen molar-refractivity contribution in [3.05, 3.63) is 89.5 Å². The van der Waals surface area contributed by atoms with Gasteiger partial charge in [0.15, 0.2) is 0 Å². The number of aryl methyl sites for hydroxylation is 3. The average Bonchev–Trinajstić information content (AvgIpc) is 3.12. The molecule has 6 nitrogen and oxygen atoms in total. The minimum absolute atomic E-state index is 0.102. The highest BCUT2D eigenvalue weighted by Crippen LogP contribution is 2.21. The molecule has 2 aromatic carbocycles. The summed E-state index contributed by atoms with van der Waals surface area (Å²) in [5, 5.41) is 8.92. The Morgan fingerprint density at radius 3 is 2.63 bits per heavy atom. The van der Waals surface area contributed by atoms with Gasteiger partial charge in [-0.2, -0.15) is 5.26 Å². The third-order valence-electron chi connectivity index (χ3n) is 5.28. The van der Waals surface area contributed by atoms with Gasteiger partial charge in [0, 0.05) is 32.3 Å². The van der Waals surface area contributed by atoms with Crippen LogP contribution in [0.25, 0.3) is 11.0 Å². The zero-order chi connectivity index (χ0) is 21.1. The number of hydrogen-bond donors (Lipinski definition) is 0. The highest BCUT2D eigenvalue weighted by molar-refractivity contribution is 6.07. The second kappa shape index (κ2) is 8.18. The largest absolute Gasteiger partial charge is 0.331 e. The molecule has 30 heavy (non-hydrogen) atoms. The molecule has 0 aliphatic rings. The van der Waals surface area contributed by atoms with Crippen LogP contribution in [0.1, 0.15) is 27.3 Å². The third-order valence-corrected chi connectivity index (χ3v) is 5.28. The SMILES string of the molecule is CN(C(=O)c1ccc2c(c1)nc(CCc1ccc(C#N)cc1)n2C)c1cccnc1. The van der Waals surface area contributed by atoms with Crippen molar-refractivity contribution in [1.29, 1.82) is 5.26 Å². The Hall–Kier alpha value is -3.98. The summed E-state index contributed by atoms with van der Waals surface area (Å²) >= 11 is 0. The summed E-state index contributed by atoms with van der Waals surface area (Å²) < 4.78 is 2.07. The smallest absolute Gasteiger partial charge is 0.258 e. The van der Waals surface area contributed by atoms with Crippen molar-refractivity contribution in [1.82, 2.24) is 14.5 Å². The molecule has 0 atom stereocenters.